The summed E-state index contributed by atoms with van der Waals surface area (Å²) >= 11 is 0.448. The zero-order valence-electron chi connectivity index (χ0n) is 4.69. The maximum absolute atomic E-state index is 5.11. The molecule has 0 amide bonds. The fourth-order valence-corrected chi connectivity index (χ4v) is 1.12. The van der Waals surface area contributed by atoms with Crippen LogP contribution in [0.4, 0.5) is 0 Å². The second-order valence-electron chi connectivity index (χ2n) is 1.45. The first-order valence-corrected chi connectivity index (χ1v) is 4.67. The molecule has 0 spiro atoms. The van der Waals surface area contributed by atoms with Gasteiger partial charge in [0.15, 0.2) is 0 Å². The van der Waals surface area contributed by atoms with Crippen molar-refractivity contribution in [2.24, 2.45) is 0 Å². The zero-order valence-corrected chi connectivity index (χ0v) is 10.4. The van der Waals surface area contributed by atoms with Crippen molar-refractivity contribution >= 4 is 24.8 Å². The Bertz CT molecular complexity index is 26.7. The van der Waals surface area contributed by atoms with E-state index in [0.717, 1.165) is 6.42 Å². The average molecular weight is 190 g/mol. The molecule has 0 fully saturated rings. The Morgan fingerprint density at radius 2 is 2.33 bits per heavy atom. The molecule has 0 aromatic heterocycles. The molecule has 2 heteroatoms. The molecule has 0 radical (unpaired) electrons. The van der Waals surface area contributed by atoms with Crippen LogP contribution in [0, 0.1) is 0 Å². The van der Waals surface area contributed by atoms with Gasteiger partial charge in [0.2, 0.25) is 0 Å². The van der Waals surface area contributed by atoms with Gasteiger partial charge in [0.1, 0.15) is 0 Å². The van der Waals surface area contributed by atoms with Crippen LogP contribution in [0.15, 0.2) is 0 Å². The van der Waals surface area contributed by atoms with E-state index >= 15 is 0 Å². The Morgan fingerprint density at radius 1 is 1.83 bits per heavy atom. The molecule has 0 aliphatic carbocycles. The van der Waals surface area contributed by atoms with Crippen molar-refractivity contribution in [3.63, 3.8) is 0 Å². The van der Waals surface area contributed by atoms with Crippen LogP contribution in [0.2, 0.25) is 0 Å². The van der Waals surface area contributed by atoms with Gasteiger partial charge < -0.3 is 0 Å². The Morgan fingerprint density at radius 3 is 2.33 bits per heavy atom. The molecule has 0 saturated carbocycles. The van der Waals surface area contributed by atoms with E-state index in [0.29, 0.717) is 30.9 Å². The summed E-state index contributed by atoms with van der Waals surface area (Å²) in [4.78, 5) is 0. The monoisotopic (exact) mass is 190 g/mol. The summed E-state index contributed by atoms with van der Waals surface area (Å²) in [5, 5.41) is 0. The fraction of sp³-hybridized carbons (Fsp3) is 1.00. The fourth-order valence-electron chi connectivity index (χ4n) is 0.167. The first kappa shape index (κ1) is 6.83. The third-order valence-electron chi connectivity index (χ3n) is 0.977. The first-order valence-electron chi connectivity index (χ1n) is 2.34. The van der Waals surface area contributed by atoms with E-state index in [9.17, 15) is 0 Å². The van der Waals surface area contributed by atoms with Crippen LogP contribution in [-0.2, 0) is 2.85 Å². The van der Waals surface area contributed by atoms with E-state index in [2.05, 4.69) is 13.8 Å². The summed E-state index contributed by atoms with van der Waals surface area (Å²) in [6, 6.07) is 0. The molecule has 0 bridgehead atoms. The van der Waals surface area contributed by atoms with E-state index in [1.54, 1.807) is 0 Å². The molecule has 36 valence electrons. The average Bonchev–Trinajstić information content (AvgIpc) is 1.65. The third-order valence-corrected chi connectivity index (χ3v) is 3.27. The quantitative estimate of drug-likeness (QED) is 0.610. The molecule has 0 saturated heterocycles. The van der Waals surface area contributed by atoms with Crippen LogP contribution in [-0.4, -0.2) is 30.9 Å². The van der Waals surface area contributed by atoms with Crippen molar-refractivity contribution in [1.82, 2.24) is 0 Å². The second-order valence-corrected chi connectivity index (χ2v) is 2.80. The second kappa shape index (κ2) is 4.00. The third kappa shape index (κ3) is 3.04. The maximum atomic E-state index is 5.11. The van der Waals surface area contributed by atoms with Crippen LogP contribution in [0.25, 0.3) is 0 Å². The SMILES string of the molecule is CCC(C)[O][InH2]. The Balaban J connectivity index is 2.75. The summed E-state index contributed by atoms with van der Waals surface area (Å²) in [6.45, 7) is 4.25. The van der Waals surface area contributed by atoms with E-state index in [4.69, 9.17) is 2.85 Å². The molecule has 1 nitrogen and oxygen atoms in total. The van der Waals surface area contributed by atoms with Crippen molar-refractivity contribution in [3.8, 4) is 0 Å². The van der Waals surface area contributed by atoms with Crippen molar-refractivity contribution in [1.29, 1.82) is 0 Å². The van der Waals surface area contributed by atoms with E-state index in [1.807, 2.05) is 0 Å². The van der Waals surface area contributed by atoms with Crippen LogP contribution in [0.3, 0.4) is 0 Å². The number of rotatable bonds is 2. The van der Waals surface area contributed by atoms with Gasteiger partial charge in [-0.25, -0.2) is 0 Å². The molecule has 0 aromatic rings. The molecule has 0 rings (SSSR count). The van der Waals surface area contributed by atoms with Crippen LogP contribution in [0.5, 0.6) is 0 Å². The summed E-state index contributed by atoms with van der Waals surface area (Å²) in [6.07, 6.45) is 1.69. The molecule has 6 heavy (non-hydrogen) atoms. The van der Waals surface area contributed by atoms with Gasteiger partial charge >= 0.3 is 54.0 Å². The summed E-state index contributed by atoms with van der Waals surface area (Å²) in [5.74, 6) is 0. The predicted octanol–water partition coefficient (Wildman–Crippen LogP) is 0.350. The van der Waals surface area contributed by atoms with E-state index in [1.165, 1.54) is 0 Å². The molecule has 0 heterocycles. The van der Waals surface area contributed by atoms with Crippen molar-refractivity contribution in [3.05, 3.63) is 0 Å². The topological polar surface area (TPSA) is 9.23 Å². The molecule has 0 aliphatic rings. The minimum absolute atomic E-state index is 0.448. The Kier molecular flexibility index (Phi) is 4.56. The summed E-state index contributed by atoms with van der Waals surface area (Å²) in [7, 11) is 0. The number of hydrogen-bond acceptors (Lipinski definition) is 1. The van der Waals surface area contributed by atoms with Crippen LogP contribution < -0.4 is 0 Å². The molecular formula is C4H11InO. The van der Waals surface area contributed by atoms with E-state index < -0.39 is 0 Å². The standard InChI is InChI=1S/C4H9O.In.2H/c1-3-4(2)5;;;/h4H,3H2,1-2H3;;;/q-1;+1;;. The Hall–Kier alpha value is 0.830. The molecule has 0 aromatic carbocycles. The molecule has 1 atom stereocenters. The molecule has 0 N–H and O–H groups in total. The van der Waals surface area contributed by atoms with Crippen molar-refractivity contribution in [2.75, 3.05) is 0 Å². The molecule has 0 aliphatic heterocycles. The van der Waals surface area contributed by atoms with Crippen molar-refractivity contribution in [2.45, 2.75) is 26.4 Å². The minimum atomic E-state index is 0.448. The van der Waals surface area contributed by atoms with E-state index in [-0.39, 0.29) is 0 Å². The Labute approximate surface area is 54.3 Å². The van der Waals surface area contributed by atoms with Gasteiger partial charge in [-0.3, -0.25) is 0 Å². The summed E-state index contributed by atoms with van der Waals surface area (Å²) in [5.41, 5.74) is 0. The van der Waals surface area contributed by atoms with Gasteiger partial charge in [-0.15, -0.1) is 0 Å². The van der Waals surface area contributed by atoms with Crippen molar-refractivity contribution < 1.29 is 2.85 Å². The van der Waals surface area contributed by atoms with Gasteiger partial charge in [-0.05, 0) is 0 Å². The van der Waals surface area contributed by atoms with Gasteiger partial charge in [0.25, 0.3) is 0 Å². The van der Waals surface area contributed by atoms with Crippen LogP contribution in [0.1, 0.15) is 20.3 Å². The van der Waals surface area contributed by atoms with Gasteiger partial charge in [-0.2, -0.15) is 0 Å². The summed E-state index contributed by atoms with van der Waals surface area (Å²) < 4.78 is 5.11. The molecule has 1 unspecified atom stereocenters. The van der Waals surface area contributed by atoms with Gasteiger partial charge in [0, 0.05) is 0 Å². The first-order chi connectivity index (χ1) is 2.81. The zero-order chi connectivity index (χ0) is 4.99. The number of hydrogen-bond donors (Lipinski definition) is 0. The van der Waals surface area contributed by atoms with Gasteiger partial charge in [0.05, 0.1) is 0 Å². The van der Waals surface area contributed by atoms with Crippen LogP contribution >= 0.6 is 0 Å². The normalized spacial score (nSPS) is 14.3. The molecular weight excluding hydrogens is 179 g/mol. The van der Waals surface area contributed by atoms with Gasteiger partial charge in [-0.1, -0.05) is 0 Å². The predicted molar refractivity (Wildman–Crippen MR) is 29.4 cm³/mol.